The third kappa shape index (κ3) is 0.795. The van der Waals surface area contributed by atoms with Gasteiger partial charge >= 0.3 is 0 Å². The van der Waals surface area contributed by atoms with E-state index in [1.54, 1.807) is 0 Å². The minimum absolute atomic E-state index is 0.981. The molecule has 0 saturated heterocycles. The van der Waals surface area contributed by atoms with E-state index in [1.165, 1.54) is 19.3 Å². The second-order valence-corrected chi connectivity index (χ2v) is 3.77. The van der Waals surface area contributed by atoms with Crippen LogP contribution in [0.3, 0.4) is 0 Å². The maximum atomic E-state index is 2.30. The van der Waals surface area contributed by atoms with Crippen LogP contribution in [0.5, 0.6) is 0 Å². The Bertz CT molecular complexity index is 106. The third-order valence-electron chi connectivity index (χ3n) is 1.87. The molecule has 1 saturated carbocycles. The first kappa shape index (κ1) is 4.92. The fraction of sp³-hybridized carbons (Fsp3) is 0.714. The quantitative estimate of drug-likeness (QED) is 0.520. The Labute approximate surface area is 54.4 Å². The molecular weight excluding hydrogens is 116 g/mol. The van der Waals surface area contributed by atoms with Gasteiger partial charge in [0.2, 0.25) is 0 Å². The summed E-state index contributed by atoms with van der Waals surface area (Å²) in [5, 5.41) is 3.23. The fourth-order valence-electron chi connectivity index (χ4n) is 1.17. The highest BCUT2D eigenvalue weighted by Crippen LogP contribution is 2.43. The van der Waals surface area contributed by atoms with Gasteiger partial charge in [-0.3, -0.25) is 0 Å². The molecule has 0 amide bonds. The van der Waals surface area contributed by atoms with E-state index < -0.39 is 0 Å². The van der Waals surface area contributed by atoms with Gasteiger partial charge < -0.3 is 0 Å². The molecule has 0 aromatic heterocycles. The zero-order valence-corrected chi connectivity index (χ0v) is 5.66. The van der Waals surface area contributed by atoms with Crippen LogP contribution in [0.2, 0.25) is 0 Å². The first-order valence-electron chi connectivity index (χ1n) is 3.27. The minimum atomic E-state index is 0.981. The molecule has 1 heteroatoms. The zero-order chi connectivity index (χ0) is 5.40. The number of rotatable bonds is 1. The topological polar surface area (TPSA) is 0 Å². The predicted molar refractivity (Wildman–Crippen MR) is 37.9 cm³/mol. The Morgan fingerprint density at radius 3 is 2.75 bits per heavy atom. The Morgan fingerprint density at radius 1 is 1.38 bits per heavy atom. The lowest BCUT2D eigenvalue weighted by Gasteiger charge is -2.02. The van der Waals surface area contributed by atoms with Gasteiger partial charge in [-0.05, 0) is 30.6 Å². The molecule has 44 valence electrons. The van der Waals surface area contributed by atoms with Gasteiger partial charge in [-0.25, -0.2) is 0 Å². The Kier molecular flexibility index (Phi) is 1.11. The smallest absolute Gasteiger partial charge is 0.0151 e. The van der Waals surface area contributed by atoms with Crippen LogP contribution in [0, 0.1) is 5.92 Å². The lowest BCUT2D eigenvalue weighted by molar-refractivity contribution is 0.774. The summed E-state index contributed by atoms with van der Waals surface area (Å²) < 4.78 is 0. The summed E-state index contributed by atoms with van der Waals surface area (Å²) in [6.07, 6.45) is 6.64. The molecule has 1 fully saturated rings. The van der Waals surface area contributed by atoms with E-state index in [0.29, 0.717) is 0 Å². The molecule has 2 rings (SSSR count). The van der Waals surface area contributed by atoms with E-state index >= 15 is 0 Å². The maximum absolute atomic E-state index is 2.30. The molecule has 0 radical (unpaired) electrons. The molecule has 1 unspecified atom stereocenters. The Hall–Kier alpha value is 0.0900. The van der Waals surface area contributed by atoms with Crippen LogP contribution >= 0.6 is 11.8 Å². The first-order valence-corrected chi connectivity index (χ1v) is 4.21. The van der Waals surface area contributed by atoms with Crippen molar-refractivity contribution in [1.82, 2.24) is 0 Å². The lowest BCUT2D eigenvalue weighted by atomic mass is 10.2. The largest absolute Gasteiger partial charge is 0.130 e. The van der Waals surface area contributed by atoms with Crippen molar-refractivity contribution in [2.45, 2.75) is 24.5 Å². The van der Waals surface area contributed by atoms with E-state index in [0.717, 1.165) is 11.2 Å². The molecule has 0 nitrogen and oxygen atoms in total. The van der Waals surface area contributed by atoms with Crippen LogP contribution in [-0.4, -0.2) is 5.25 Å². The zero-order valence-electron chi connectivity index (χ0n) is 4.84. The fourth-order valence-corrected chi connectivity index (χ4v) is 2.31. The van der Waals surface area contributed by atoms with Crippen LogP contribution in [0.1, 0.15) is 19.3 Å². The van der Waals surface area contributed by atoms with Crippen molar-refractivity contribution in [2.24, 2.45) is 5.92 Å². The summed E-state index contributed by atoms with van der Waals surface area (Å²) in [6.45, 7) is 0. The normalized spacial score (nSPS) is 36.2. The van der Waals surface area contributed by atoms with Crippen LogP contribution in [0.25, 0.3) is 0 Å². The van der Waals surface area contributed by atoms with E-state index in [1.807, 2.05) is 11.8 Å². The number of thioether (sulfide) groups is 1. The monoisotopic (exact) mass is 126 g/mol. The van der Waals surface area contributed by atoms with Crippen molar-refractivity contribution in [3.8, 4) is 0 Å². The maximum Gasteiger partial charge on any atom is 0.0151 e. The second kappa shape index (κ2) is 1.80. The second-order valence-electron chi connectivity index (χ2n) is 2.62. The molecule has 0 spiro atoms. The number of allylic oxidation sites excluding steroid dienone is 1. The van der Waals surface area contributed by atoms with Crippen molar-refractivity contribution >= 4 is 11.8 Å². The SMILES string of the molecule is C1=CSC(C2CC2)C1. The van der Waals surface area contributed by atoms with E-state index in [4.69, 9.17) is 0 Å². The molecule has 8 heavy (non-hydrogen) atoms. The van der Waals surface area contributed by atoms with Gasteiger partial charge in [-0.2, -0.15) is 0 Å². The van der Waals surface area contributed by atoms with Gasteiger partial charge in [0.25, 0.3) is 0 Å². The van der Waals surface area contributed by atoms with Gasteiger partial charge in [-0.15, -0.1) is 11.8 Å². The van der Waals surface area contributed by atoms with Crippen molar-refractivity contribution < 1.29 is 0 Å². The molecule has 0 bridgehead atoms. The molecule has 2 aliphatic rings. The van der Waals surface area contributed by atoms with Crippen molar-refractivity contribution in [1.29, 1.82) is 0 Å². The van der Waals surface area contributed by atoms with Crippen LogP contribution in [-0.2, 0) is 0 Å². The third-order valence-corrected chi connectivity index (χ3v) is 3.14. The summed E-state index contributed by atoms with van der Waals surface area (Å²) in [7, 11) is 0. The molecular formula is C7H10S. The summed E-state index contributed by atoms with van der Waals surface area (Å²) in [4.78, 5) is 0. The van der Waals surface area contributed by atoms with Crippen LogP contribution in [0.4, 0.5) is 0 Å². The molecule has 1 aliphatic heterocycles. The van der Waals surface area contributed by atoms with Crippen LogP contribution < -0.4 is 0 Å². The lowest BCUT2D eigenvalue weighted by Crippen LogP contribution is -1.97. The van der Waals surface area contributed by atoms with Gasteiger partial charge in [0, 0.05) is 5.25 Å². The minimum Gasteiger partial charge on any atom is -0.130 e. The van der Waals surface area contributed by atoms with Gasteiger partial charge in [0.15, 0.2) is 0 Å². The average Bonchev–Trinajstić information content (AvgIpc) is 2.49. The van der Waals surface area contributed by atoms with Crippen LogP contribution in [0.15, 0.2) is 11.5 Å². The van der Waals surface area contributed by atoms with E-state index in [9.17, 15) is 0 Å². The first-order chi connectivity index (χ1) is 3.97. The molecule has 1 heterocycles. The highest BCUT2D eigenvalue weighted by molar-refractivity contribution is 8.03. The molecule has 0 aromatic rings. The summed E-state index contributed by atoms with van der Waals surface area (Å²) in [5.74, 6) is 1.09. The van der Waals surface area contributed by atoms with Crippen molar-refractivity contribution in [2.75, 3.05) is 0 Å². The number of hydrogen-bond donors (Lipinski definition) is 0. The molecule has 0 aromatic carbocycles. The molecule has 0 N–H and O–H groups in total. The Morgan fingerprint density at radius 2 is 2.25 bits per heavy atom. The highest BCUT2D eigenvalue weighted by Gasteiger charge is 2.31. The van der Waals surface area contributed by atoms with Gasteiger partial charge in [0.1, 0.15) is 0 Å². The van der Waals surface area contributed by atoms with E-state index in [-0.39, 0.29) is 0 Å². The van der Waals surface area contributed by atoms with E-state index in [2.05, 4.69) is 11.5 Å². The number of hydrogen-bond acceptors (Lipinski definition) is 1. The summed E-state index contributed by atoms with van der Waals surface area (Å²) in [6, 6.07) is 0. The Balaban J connectivity index is 1.90. The summed E-state index contributed by atoms with van der Waals surface area (Å²) >= 11 is 2.03. The van der Waals surface area contributed by atoms with Crippen molar-refractivity contribution in [3.05, 3.63) is 11.5 Å². The van der Waals surface area contributed by atoms with Gasteiger partial charge in [-0.1, -0.05) is 6.08 Å². The molecule has 1 atom stereocenters. The highest BCUT2D eigenvalue weighted by atomic mass is 32.2. The molecule has 1 aliphatic carbocycles. The standard InChI is InChI=1S/C7H10S/c1-2-7(8-5-1)6-3-4-6/h1,5-7H,2-4H2. The predicted octanol–water partition coefficient (Wildman–Crippen LogP) is 2.42. The van der Waals surface area contributed by atoms with Gasteiger partial charge in [0.05, 0.1) is 0 Å². The summed E-state index contributed by atoms with van der Waals surface area (Å²) in [5.41, 5.74) is 0. The van der Waals surface area contributed by atoms with Crippen molar-refractivity contribution in [3.63, 3.8) is 0 Å². The average molecular weight is 126 g/mol.